The van der Waals surface area contributed by atoms with E-state index in [0.717, 1.165) is 17.9 Å². The van der Waals surface area contributed by atoms with E-state index in [1.54, 1.807) is 20.3 Å². The van der Waals surface area contributed by atoms with Crippen molar-refractivity contribution in [2.45, 2.75) is 18.9 Å². The second-order valence-corrected chi connectivity index (χ2v) is 4.91. The number of para-hydroxylation sites is 2. The highest BCUT2D eigenvalue weighted by Gasteiger charge is 2.21. The van der Waals surface area contributed by atoms with E-state index in [-0.39, 0.29) is 6.10 Å². The predicted molar refractivity (Wildman–Crippen MR) is 79.8 cm³/mol. The number of ether oxygens (including phenoxy) is 4. The lowest BCUT2D eigenvalue weighted by Gasteiger charge is -2.26. The molecule has 0 spiro atoms. The van der Waals surface area contributed by atoms with Gasteiger partial charge in [0.1, 0.15) is 18.5 Å². The number of hydrogen-bond acceptors (Lipinski definition) is 6. The Kier molecular flexibility index (Phi) is 4.27. The van der Waals surface area contributed by atoms with E-state index >= 15 is 0 Å². The highest BCUT2D eigenvalue weighted by molar-refractivity contribution is 5.40. The molecule has 22 heavy (non-hydrogen) atoms. The number of methoxy groups -OCH3 is 2. The minimum absolute atomic E-state index is 0.0179. The van der Waals surface area contributed by atoms with Crippen molar-refractivity contribution in [2.75, 3.05) is 20.8 Å². The molecule has 2 heterocycles. The molecule has 3 rings (SSSR count). The number of rotatable bonds is 5. The van der Waals surface area contributed by atoms with E-state index in [9.17, 15) is 0 Å². The van der Waals surface area contributed by atoms with Crippen molar-refractivity contribution >= 4 is 0 Å². The summed E-state index contributed by atoms with van der Waals surface area (Å²) in [5, 5.41) is 0. The fourth-order valence-corrected chi connectivity index (χ4v) is 2.27. The van der Waals surface area contributed by atoms with Gasteiger partial charge in [0.25, 0.3) is 0 Å². The van der Waals surface area contributed by atoms with E-state index in [1.807, 2.05) is 24.3 Å². The highest BCUT2D eigenvalue weighted by atomic mass is 16.6. The van der Waals surface area contributed by atoms with Gasteiger partial charge in [-0.3, -0.25) is 0 Å². The van der Waals surface area contributed by atoms with Crippen LogP contribution in [0.15, 0.2) is 30.3 Å². The standard InChI is InChI=1S/C16H18N2O4/c1-19-15-9-16(20-2)18-14(17-15)8-7-11-10-21-12-5-3-4-6-13(12)22-11/h3-6,9,11H,7-8,10H2,1-2H3/t11-/m1/s1. The van der Waals surface area contributed by atoms with Crippen LogP contribution in [-0.2, 0) is 6.42 Å². The summed E-state index contributed by atoms with van der Waals surface area (Å²) in [5.41, 5.74) is 0. The van der Waals surface area contributed by atoms with Crippen LogP contribution in [0.25, 0.3) is 0 Å². The number of aromatic nitrogens is 2. The van der Waals surface area contributed by atoms with Crippen LogP contribution in [0.1, 0.15) is 12.2 Å². The molecule has 116 valence electrons. The van der Waals surface area contributed by atoms with Gasteiger partial charge in [0.15, 0.2) is 11.5 Å². The molecule has 2 aromatic rings. The smallest absolute Gasteiger partial charge is 0.220 e. The van der Waals surface area contributed by atoms with Gasteiger partial charge in [0.05, 0.1) is 20.3 Å². The van der Waals surface area contributed by atoms with Crippen LogP contribution in [0, 0.1) is 0 Å². The topological polar surface area (TPSA) is 62.7 Å². The van der Waals surface area contributed by atoms with Gasteiger partial charge in [-0.2, -0.15) is 9.97 Å². The maximum Gasteiger partial charge on any atom is 0.220 e. The maximum absolute atomic E-state index is 5.92. The minimum Gasteiger partial charge on any atom is -0.486 e. The third-order valence-electron chi connectivity index (χ3n) is 3.40. The molecule has 0 bridgehead atoms. The van der Waals surface area contributed by atoms with Crippen molar-refractivity contribution in [3.63, 3.8) is 0 Å². The summed E-state index contributed by atoms with van der Waals surface area (Å²) in [7, 11) is 3.14. The first kappa shape index (κ1) is 14.4. The zero-order valence-electron chi connectivity index (χ0n) is 12.6. The lowest BCUT2D eigenvalue weighted by molar-refractivity contribution is 0.0847. The van der Waals surface area contributed by atoms with Crippen LogP contribution in [0.4, 0.5) is 0 Å². The summed E-state index contributed by atoms with van der Waals surface area (Å²) < 4.78 is 21.9. The quantitative estimate of drug-likeness (QED) is 0.844. The Balaban J connectivity index is 1.64. The van der Waals surface area contributed by atoms with Crippen LogP contribution in [-0.4, -0.2) is 36.9 Å². The number of fused-ring (bicyclic) bond motifs is 1. The molecular weight excluding hydrogens is 284 g/mol. The van der Waals surface area contributed by atoms with Gasteiger partial charge in [-0.05, 0) is 18.6 Å². The molecule has 0 fully saturated rings. The summed E-state index contributed by atoms with van der Waals surface area (Å²) in [4.78, 5) is 8.64. The molecule has 1 aliphatic heterocycles. The Morgan fingerprint density at radius 3 is 2.45 bits per heavy atom. The van der Waals surface area contributed by atoms with Gasteiger partial charge in [0.2, 0.25) is 11.8 Å². The van der Waals surface area contributed by atoms with Crippen molar-refractivity contribution in [1.82, 2.24) is 9.97 Å². The lowest BCUT2D eigenvalue weighted by Crippen LogP contribution is -2.29. The molecule has 6 heteroatoms. The zero-order chi connectivity index (χ0) is 15.4. The Morgan fingerprint density at radius 1 is 1.09 bits per heavy atom. The monoisotopic (exact) mass is 302 g/mol. The summed E-state index contributed by atoms with van der Waals surface area (Å²) in [6.07, 6.45) is 1.39. The predicted octanol–water partition coefficient (Wildman–Crippen LogP) is 2.27. The molecule has 1 aliphatic rings. The van der Waals surface area contributed by atoms with Gasteiger partial charge >= 0.3 is 0 Å². The van der Waals surface area contributed by atoms with E-state index in [2.05, 4.69) is 9.97 Å². The van der Waals surface area contributed by atoms with E-state index in [4.69, 9.17) is 18.9 Å². The fraction of sp³-hybridized carbons (Fsp3) is 0.375. The molecule has 6 nitrogen and oxygen atoms in total. The van der Waals surface area contributed by atoms with Gasteiger partial charge < -0.3 is 18.9 Å². The number of nitrogens with zero attached hydrogens (tertiary/aromatic N) is 2. The van der Waals surface area contributed by atoms with Crippen LogP contribution in [0.5, 0.6) is 23.3 Å². The first-order valence-electron chi connectivity index (χ1n) is 7.13. The van der Waals surface area contributed by atoms with E-state index < -0.39 is 0 Å². The molecule has 0 N–H and O–H groups in total. The number of hydrogen-bond donors (Lipinski definition) is 0. The molecule has 0 amide bonds. The molecular formula is C16H18N2O4. The van der Waals surface area contributed by atoms with Gasteiger partial charge in [-0.15, -0.1) is 0 Å². The molecule has 1 aromatic carbocycles. The van der Waals surface area contributed by atoms with Crippen LogP contribution >= 0.6 is 0 Å². The first-order valence-corrected chi connectivity index (χ1v) is 7.13. The van der Waals surface area contributed by atoms with Crippen LogP contribution < -0.4 is 18.9 Å². The van der Waals surface area contributed by atoms with Crippen molar-refractivity contribution in [3.8, 4) is 23.3 Å². The molecule has 1 aromatic heterocycles. The number of aryl methyl sites for hydroxylation is 1. The van der Waals surface area contributed by atoms with Crippen molar-refractivity contribution in [1.29, 1.82) is 0 Å². The van der Waals surface area contributed by atoms with Crippen LogP contribution in [0.2, 0.25) is 0 Å². The second-order valence-electron chi connectivity index (χ2n) is 4.91. The van der Waals surface area contributed by atoms with Crippen molar-refractivity contribution in [3.05, 3.63) is 36.2 Å². The Labute approximate surface area is 129 Å². The van der Waals surface area contributed by atoms with E-state index in [1.165, 1.54) is 0 Å². The zero-order valence-corrected chi connectivity index (χ0v) is 12.6. The van der Waals surface area contributed by atoms with Gasteiger partial charge in [0, 0.05) is 6.42 Å². The van der Waals surface area contributed by atoms with Gasteiger partial charge in [-0.25, -0.2) is 0 Å². The molecule has 0 radical (unpaired) electrons. The van der Waals surface area contributed by atoms with Crippen molar-refractivity contribution < 1.29 is 18.9 Å². The molecule has 0 saturated heterocycles. The first-order chi connectivity index (χ1) is 10.8. The Morgan fingerprint density at radius 2 is 1.77 bits per heavy atom. The van der Waals surface area contributed by atoms with Crippen molar-refractivity contribution in [2.24, 2.45) is 0 Å². The molecule has 0 saturated carbocycles. The molecule has 1 atom stereocenters. The fourth-order valence-electron chi connectivity index (χ4n) is 2.27. The third-order valence-corrected chi connectivity index (χ3v) is 3.40. The maximum atomic E-state index is 5.92. The van der Waals surface area contributed by atoms with E-state index in [0.29, 0.717) is 30.6 Å². The lowest BCUT2D eigenvalue weighted by atomic mass is 10.1. The summed E-state index contributed by atoms with van der Waals surface area (Å²) in [5.74, 6) is 3.22. The molecule has 0 aliphatic carbocycles. The minimum atomic E-state index is -0.0179. The highest BCUT2D eigenvalue weighted by Crippen LogP contribution is 2.31. The summed E-state index contributed by atoms with van der Waals surface area (Å²) in [6.45, 7) is 0.526. The third kappa shape index (κ3) is 3.21. The summed E-state index contributed by atoms with van der Waals surface area (Å²) >= 11 is 0. The van der Waals surface area contributed by atoms with Crippen LogP contribution in [0.3, 0.4) is 0 Å². The average molecular weight is 302 g/mol. The average Bonchev–Trinajstić information content (AvgIpc) is 2.59. The number of benzene rings is 1. The Hall–Kier alpha value is -2.50. The molecule has 0 unspecified atom stereocenters. The summed E-state index contributed by atoms with van der Waals surface area (Å²) in [6, 6.07) is 9.33. The Bertz CT molecular complexity index is 626. The normalized spacial score (nSPS) is 16.2. The van der Waals surface area contributed by atoms with Gasteiger partial charge in [-0.1, -0.05) is 12.1 Å². The second kappa shape index (κ2) is 6.51. The largest absolute Gasteiger partial charge is 0.486 e. The SMILES string of the molecule is COc1cc(OC)nc(CC[C@@H]2COc3ccccc3O2)n1.